The van der Waals surface area contributed by atoms with Crippen LogP contribution in [-0.4, -0.2) is 5.33 Å². The number of hydrogen-bond donors (Lipinski definition) is 0. The highest BCUT2D eigenvalue weighted by Crippen LogP contribution is 2.27. The average molecular weight is 329 g/mol. The summed E-state index contributed by atoms with van der Waals surface area (Å²) in [5.41, 5.74) is 5.28. The van der Waals surface area contributed by atoms with Gasteiger partial charge in [-0.05, 0) is 48.4 Å². The molecule has 0 aromatic heterocycles. The molecule has 0 nitrogen and oxygen atoms in total. The van der Waals surface area contributed by atoms with Crippen LogP contribution in [0.1, 0.15) is 30.4 Å². The van der Waals surface area contributed by atoms with E-state index in [0.717, 1.165) is 11.8 Å². The molecule has 0 fully saturated rings. The van der Waals surface area contributed by atoms with Gasteiger partial charge < -0.3 is 0 Å². The van der Waals surface area contributed by atoms with Crippen LogP contribution in [-0.2, 0) is 0 Å². The molecule has 1 heteroatoms. The smallest absolute Gasteiger partial charge is 0.00314 e. The van der Waals surface area contributed by atoms with Gasteiger partial charge in [0, 0.05) is 5.33 Å². The first-order chi connectivity index (χ1) is 9.83. The lowest BCUT2D eigenvalue weighted by Gasteiger charge is -2.09. The highest BCUT2D eigenvalue weighted by molar-refractivity contribution is 9.09. The summed E-state index contributed by atoms with van der Waals surface area (Å²) in [6, 6.07) is 17.2. The largest absolute Gasteiger partial charge is 0.0928 e. The minimum atomic E-state index is 1.10. The highest BCUT2D eigenvalue weighted by atomic mass is 79.9. The molecule has 0 aliphatic heterocycles. The first-order valence-electron chi connectivity index (χ1n) is 7.20. The van der Waals surface area contributed by atoms with E-state index in [-0.39, 0.29) is 0 Å². The van der Waals surface area contributed by atoms with Gasteiger partial charge in [0.25, 0.3) is 0 Å². The summed E-state index contributed by atoms with van der Waals surface area (Å²) >= 11 is 3.47. The second-order valence-electron chi connectivity index (χ2n) is 4.99. The van der Waals surface area contributed by atoms with E-state index in [2.05, 4.69) is 83.5 Å². The van der Waals surface area contributed by atoms with E-state index in [4.69, 9.17) is 0 Å². The molecule has 0 N–H and O–H groups in total. The number of alkyl halides is 1. The van der Waals surface area contributed by atoms with Crippen molar-refractivity contribution in [3.8, 4) is 11.1 Å². The predicted octanol–water partition coefficient (Wildman–Crippen LogP) is 6.24. The Kier molecular flexibility index (Phi) is 6.07. The number of rotatable bonds is 6. The van der Waals surface area contributed by atoms with Gasteiger partial charge in [-0.1, -0.05) is 76.6 Å². The maximum absolute atomic E-state index is 3.47. The van der Waals surface area contributed by atoms with Crippen LogP contribution in [0.2, 0.25) is 0 Å². The summed E-state index contributed by atoms with van der Waals surface area (Å²) in [7, 11) is 0. The summed E-state index contributed by atoms with van der Waals surface area (Å²) < 4.78 is 0. The third-order valence-electron chi connectivity index (χ3n) is 3.45. The second kappa shape index (κ2) is 8.06. The molecular weight excluding hydrogens is 308 g/mol. The van der Waals surface area contributed by atoms with Crippen LogP contribution in [0.5, 0.6) is 0 Å². The van der Waals surface area contributed by atoms with Crippen molar-refractivity contribution in [2.24, 2.45) is 0 Å². The van der Waals surface area contributed by atoms with Crippen LogP contribution in [0, 0.1) is 6.92 Å². The Balaban J connectivity index is 2.21. The van der Waals surface area contributed by atoms with Crippen LogP contribution in [0.25, 0.3) is 17.2 Å². The van der Waals surface area contributed by atoms with Crippen molar-refractivity contribution in [1.29, 1.82) is 0 Å². The predicted molar refractivity (Wildman–Crippen MR) is 93.3 cm³/mol. The Morgan fingerprint density at radius 3 is 2.35 bits per heavy atom. The molecule has 2 rings (SSSR count). The molecule has 0 atom stereocenters. The number of allylic oxidation sites excluding steroid dienone is 1. The van der Waals surface area contributed by atoms with Gasteiger partial charge in [-0.3, -0.25) is 0 Å². The zero-order valence-electron chi connectivity index (χ0n) is 12.0. The van der Waals surface area contributed by atoms with Crippen molar-refractivity contribution in [2.45, 2.75) is 26.2 Å². The number of aryl methyl sites for hydroxylation is 1. The van der Waals surface area contributed by atoms with Crippen molar-refractivity contribution < 1.29 is 0 Å². The van der Waals surface area contributed by atoms with Gasteiger partial charge in [-0.25, -0.2) is 0 Å². The van der Waals surface area contributed by atoms with Crippen molar-refractivity contribution in [3.63, 3.8) is 0 Å². The first-order valence-corrected chi connectivity index (χ1v) is 8.32. The summed E-state index contributed by atoms with van der Waals surface area (Å²) in [5, 5.41) is 1.10. The molecular formula is C19H21Br. The molecule has 0 radical (unpaired) electrons. The molecule has 0 aliphatic rings. The topological polar surface area (TPSA) is 0 Å². The first kappa shape index (κ1) is 15.1. The number of unbranched alkanes of at least 4 members (excludes halogenated alkanes) is 2. The molecule has 0 saturated carbocycles. The Morgan fingerprint density at radius 1 is 0.900 bits per heavy atom. The zero-order chi connectivity index (χ0) is 14.2. The fourth-order valence-electron chi connectivity index (χ4n) is 2.33. The number of benzene rings is 2. The normalized spacial score (nSPS) is 11.1. The molecule has 0 heterocycles. The monoisotopic (exact) mass is 328 g/mol. The van der Waals surface area contributed by atoms with Gasteiger partial charge in [0.2, 0.25) is 0 Å². The molecule has 104 valence electrons. The maximum atomic E-state index is 3.47. The summed E-state index contributed by atoms with van der Waals surface area (Å²) in [4.78, 5) is 0. The van der Waals surface area contributed by atoms with E-state index in [1.54, 1.807) is 0 Å². The summed E-state index contributed by atoms with van der Waals surface area (Å²) in [6.45, 7) is 2.17. The van der Waals surface area contributed by atoms with Crippen molar-refractivity contribution in [3.05, 3.63) is 65.7 Å². The zero-order valence-corrected chi connectivity index (χ0v) is 13.6. The fraction of sp³-hybridized carbons (Fsp3) is 0.263. The maximum Gasteiger partial charge on any atom is 0.00314 e. The van der Waals surface area contributed by atoms with Crippen LogP contribution >= 0.6 is 15.9 Å². The van der Waals surface area contributed by atoms with Gasteiger partial charge in [-0.15, -0.1) is 0 Å². The van der Waals surface area contributed by atoms with E-state index in [9.17, 15) is 0 Å². The standard InChI is InChI=1S/C19H21Br/c1-16-10-5-7-13-18(16)19-14-8-6-12-17(19)11-4-2-3-9-15-20/h4-8,10-14H,2-3,9,15H2,1H3/b11-4-. The van der Waals surface area contributed by atoms with Gasteiger partial charge in [-0.2, -0.15) is 0 Å². The van der Waals surface area contributed by atoms with Gasteiger partial charge in [0.1, 0.15) is 0 Å². The number of hydrogen-bond acceptors (Lipinski definition) is 0. The third kappa shape index (κ3) is 4.08. The van der Waals surface area contributed by atoms with Crippen LogP contribution in [0.3, 0.4) is 0 Å². The van der Waals surface area contributed by atoms with Crippen molar-refractivity contribution in [2.75, 3.05) is 5.33 Å². The lowest BCUT2D eigenvalue weighted by Crippen LogP contribution is -1.86. The van der Waals surface area contributed by atoms with Crippen molar-refractivity contribution >= 4 is 22.0 Å². The molecule has 0 aliphatic carbocycles. The minimum absolute atomic E-state index is 1.10. The second-order valence-corrected chi connectivity index (χ2v) is 5.78. The highest BCUT2D eigenvalue weighted by Gasteiger charge is 2.04. The third-order valence-corrected chi connectivity index (χ3v) is 4.01. The Bertz CT molecular complexity index is 569. The van der Waals surface area contributed by atoms with Crippen LogP contribution in [0.4, 0.5) is 0 Å². The van der Waals surface area contributed by atoms with E-state index in [1.165, 1.54) is 35.1 Å². The lowest BCUT2D eigenvalue weighted by atomic mass is 9.96. The van der Waals surface area contributed by atoms with E-state index in [0.29, 0.717) is 0 Å². The molecule has 20 heavy (non-hydrogen) atoms. The minimum Gasteiger partial charge on any atom is -0.0928 e. The SMILES string of the molecule is Cc1ccccc1-c1ccccc1/C=C\CCCCBr. The van der Waals surface area contributed by atoms with Crippen molar-refractivity contribution in [1.82, 2.24) is 0 Å². The quantitative estimate of drug-likeness (QED) is 0.435. The molecule has 2 aromatic carbocycles. The lowest BCUT2D eigenvalue weighted by molar-refractivity contribution is 0.829. The average Bonchev–Trinajstić information content (AvgIpc) is 2.48. The Morgan fingerprint density at radius 2 is 1.60 bits per heavy atom. The fourth-order valence-corrected chi connectivity index (χ4v) is 2.73. The Labute approximate surface area is 130 Å². The molecule has 0 spiro atoms. The van der Waals surface area contributed by atoms with Gasteiger partial charge in [0.05, 0.1) is 0 Å². The molecule has 0 saturated heterocycles. The van der Waals surface area contributed by atoms with E-state index < -0.39 is 0 Å². The number of halogens is 1. The van der Waals surface area contributed by atoms with Crippen LogP contribution < -0.4 is 0 Å². The van der Waals surface area contributed by atoms with E-state index >= 15 is 0 Å². The molecule has 0 bridgehead atoms. The Hall–Kier alpha value is -1.34. The van der Waals surface area contributed by atoms with Gasteiger partial charge in [0.15, 0.2) is 0 Å². The summed E-state index contributed by atoms with van der Waals surface area (Å²) in [6.07, 6.45) is 8.18. The molecule has 0 unspecified atom stereocenters. The molecule has 2 aromatic rings. The van der Waals surface area contributed by atoms with Crippen LogP contribution in [0.15, 0.2) is 54.6 Å². The van der Waals surface area contributed by atoms with E-state index in [1.807, 2.05) is 0 Å². The molecule has 0 amide bonds. The summed E-state index contributed by atoms with van der Waals surface area (Å²) in [5.74, 6) is 0. The van der Waals surface area contributed by atoms with Gasteiger partial charge >= 0.3 is 0 Å².